The third-order valence-corrected chi connectivity index (χ3v) is 4.23. The summed E-state index contributed by atoms with van der Waals surface area (Å²) in [5, 5.41) is 7.28. The van der Waals surface area contributed by atoms with Gasteiger partial charge < -0.3 is 0 Å². The van der Waals surface area contributed by atoms with Crippen molar-refractivity contribution < 1.29 is 0 Å². The molecule has 0 aromatic heterocycles. The van der Waals surface area contributed by atoms with E-state index in [1.165, 1.54) is 32.0 Å². The topological polar surface area (TPSA) is 0 Å². The van der Waals surface area contributed by atoms with Crippen molar-refractivity contribution in [1.29, 1.82) is 0 Å². The summed E-state index contributed by atoms with van der Waals surface area (Å²) in [7, 11) is 0. The van der Waals surface area contributed by atoms with Gasteiger partial charge in [-0.3, -0.25) is 0 Å². The van der Waals surface area contributed by atoms with E-state index in [1.807, 2.05) is 0 Å². The van der Waals surface area contributed by atoms with Crippen molar-refractivity contribution in [2.45, 2.75) is 41.5 Å². The summed E-state index contributed by atoms with van der Waals surface area (Å²) in [6.07, 6.45) is 4.35. The molecule has 0 spiro atoms. The molecule has 0 aliphatic carbocycles. The van der Waals surface area contributed by atoms with Crippen LogP contribution in [0.3, 0.4) is 0 Å². The highest BCUT2D eigenvalue weighted by molar-refractivity contribution is 6.00. The minimum atomic E-state index is 0.0964. The quantitative estimate of drug-likeness (QED) is 0.443. The molecular weight excluding hydrogens is 312 g/mol. The Hall–Kier alpha value is -2.52. The molecule has 0 fully saturated rings. The van der Waals surface area contributed by atoms with Crippen molar-refractivity contribution in [3.63, 3.8) is 0 Å². The molecule has 0 heterocycles. The fourth-order valence-electron chi connectivity index (χ4n) is 3.02. The van der Waals surface area contributed by atoms with Crippen LogP contribution in [0.1, 0.15) is 41.5 Å². The van der Waals surface area contributed by atoms with E-state index in [4.69, 9.17) is 0 Å². The molecule has 132 valence electrons. The third-order valence-electron chi connectivity index (χ3n) is 4.23. The first kappa shape index (κ1) is 18.3. The molecule has 3 rings (SSSR count). The zero-order valence-electron chi connectivity index (χ0n) is 16.8. The first-order valence-corrected chi connectivity index (χ1v) is 9.31. The SMILES string of the molecule is CC(C)(C)C=C=c1c2ccccc2c(=C=CC(C)(C)C)c2ccccc12. The number of fused-ring (bicyclic) bond motifs is 2. The average Bonchev–Trinajstić information content (AvgIpc) is 2.56. The van der Waals surface area contributed by atoms with Gasteiger partial charge in [-0.15, -0.1) is 11.5 Å². The van der Waals surface area contributed by atoms with E-state index in [0.717, 1.165) is 0 Å². The van der Waals surface area contributed by atoms with Gasteiger partial charge in [-0.1, -0.05) is 90.1 Å². The van der Waals surface area contributed by atoms with E-state index < -0.39 is 0 Å². The van der Waals surface area contributed by atoms with Crippen LogP contribution in [0.25, 0.3) is 33.0 Å². The predicted octanol–water partition coefficient (Wildman–Crippen LogP) is 5.96. The van der Waals surface area contributed by atoms with Gasteiger partial charge in [0.2, 0.25) is 0 Å². The molecule has 0 radical (unpaired) electrons. The normalized spacial score (nSPS) is 11.9. The lowest BCUT2D eigenvalue weighted by molar-refractivity contribution is 0.547. The largest absolute Gasteiger partial charge is 0.115 e. The second-order valence-electron chi connectivity index (χ2n) is 9.15. The standard InChI is InChI=1S/C26H28/c1-25(2,3)17-15-23-19-11-7-9-13-21(19)24(16-18-26(4,5)6)22-14-10-8-12-20(22)23/h7-14,17-18H,1-6H3. The number of rotatable bonds is 0. The van der Waals surface area contributed by atoms with E-state index in [1.54, 1.807) is 0 Å². The summed E-state index contributed by atoms with van der Waals surface area (Å²) in [6.45, 7) is 13.2. The summed E-state index contributed by atoms with van der Waals surface area (Å²) in [6, 6.07) is 17.2. The first-order valence-electron chi connectivity index (χ1n) is 9.31. The smallest absolute Gasteiger partial charge is 0.0319 e. The Morgan fingerprint density at radius 3 is 1.04 bits per heavy atom. The van der Waals surface area contributed by atoms with Crippen molar-refractivity contribution in [1.82, 2.24) is 0 Å². The van der Waals surface area contributed by atoms with Crippen molar-refractivity contribution in [3.05, 3.63) is 71.1 Å². The highest BCUT2D eigenvalue weighted by atomic mass is 14.1. The van der Waals surface area contributed by atoms with Crippen LogP contribution in [-0.4, -0.2) is 0 Å². The molecule has 0 aliphatic rings. The molecule has 0 atom stereocenters. The summed E-state index contributed by atoms with van der Waals surface area (Å²) in [5.41, 5.74) is 7.41. The number of allylic oxidation sites excluding steroid dienone is 2. The molecule has 0 saturated carbocycles. The summed E-state index contributed by atoms with van der Waals surface area (Å²) >= 11 is 0. The molecule has 0 bridgehead atoms. The molecule has 3 aromatic rings. The minimum absolute atomic E-state index is 0.0964. The Kier molecular flexibility index (Phi) is 4.68. The number of hydrogen-bond donors (Lipinski definition) is 0. The lowest BCUT2D eigenvalue weighted by atomic mass is 9.94. The maximum absolute atomic E-state index is 3.61. The molecule has 0 aliphatic heterocycles. The summed E-state index contributed by atoms with van der Waals surface area (Å²) in [4.78, 5) is 0. The van der Waals surface area contributed by atoms with Gasteiger partial charge in [-0.2, -0.15) is 0 Å². The van der Waals surface area contributed by atoms with Crippen molar-refractivity contribution in [2.24, 2.45) is 10.8 Å². The van der Waals surface area contributed by atoms with E-state index in [2.05, 4.69) is 114 Å². The fourth-order valence-corrected chi connectivity index (χ4v) is 3.02. The first-order chi connectivity index (χ1) is 12.2. The lowest BCUT2D eigenvalue weighted by Crippen LogP contribution is -2.14. The van der Waals surface area contributed by atoms with Crippen molar-refractivity contribution >= 4 is 33.0 Å². The van der Waals surface area contributed by atoms with Crippen LogP contribution >= 0.6 is 0 Å². The molecule has 0 N–H and O–H groups in total. The summed E-state index contributed by atoms with van der Waals surface area (Å²) in [5.74, 6) is 0. The lowest BCUT2D eigenvalue weighted by Gasteiger charge is -2.10. The Labute approximate surface area is 156 Å². The maximum Gasteiger partial charge on any atom is 0.0319 e. The van der Waals surface area contributed by atoms with Gasteiger partial charge in [-0.25, -0.2) is 0 Å². The molecular formula is C26H28. The highest BCUT2D eigenvalue weighted by Gasteiger charge is 2.07. The third kappa shape index (κ3) is 4.00. The monoisotopic (exact) mass is 340 g/mol. The molecule has 0 amide bonds. The molecule has 0 heteroatoms. The number of benzene rings is 3. The molecule has 0 saturated heterocycles. The second-order valence-corrected chi connectivity index (χ2v) is 9.15. The minimum Gasteiger partial charge on any atom is -0.115 e. The van der Waals surface area contributed by atoms with E-state index in [9.17, 15) is 0 Å². The van der Waals surface area contributed by atoms with Crippen LogP contribution in [0.5, 0.6) is 0 Å². The molecule has 0 unspecified atom stereocenters. The average molecular weight is 341 g/mol. The van der Waals surface area contributed by atoms with E-state index in [0.29, 0.717) is 0 Å². The van der Waals surface area contributed by atoms with Crippen LogP contribution in [0.15, 0.2) is 60.7 Å². The van der Waals surface area contributed by atoms with Crippen LogP contribution in [0, 0.1) is 10.8 Å². The van der Waals surface area contributed by atoms with Gasteiger partial charge in [-0.05, 0) is 44.5 Å². The van der Waals surface area contributed by atoms with Gasteiger partial charge in [0, 0.05) is 10.4 Å². The van der Waals surface area contributed by atoms with E-state index in [-0.39, 0.29) is 10.8 Å². The van der Waals surface area contributed by atoms with E-state index >= 15 is 0 Å². The summed E-state index contributed by atoms with van der Waals surface area (Å²) < 4.78 is 0. The van der Waals surface area contributed by atoms with Crippen LogP contribution in [0.4, 0.5) is 0 Å². The molecule has 0 nitrogen and oxygen atoms in total. The van der Waals surface area contributed by atoms with Crippen LogP contribution < -0.4 is 10.4 Å². The van der Waals surface area contributed by atoms with Gasteiger partial charge in [0.05, 0.1) is 0 Å². The zero-order chi connectivity index (χ0) is 18.9. The molecule has 26 heavy (non-hydrogen) atoms. The second kappa shape index (κ2) is 6.65. The fraction of sp³-hybridized carbons (Fsp3) is 0.308. The van der Waals surface area contributed by atoms with Gasteiger partial charge in [0.15, 0.2) is 0 Å². The number of hydrogen-bond acceptors (Lipinski definition) is 0. The van der Waals surface area contributed by atoms with Crippen molar-refractivity contribution in [2.75, 3.05) is 0 Å². The van der Waals surface area contributed by atoms with Gasteiger partial charge in [0.1, 0.15) is 0 Å². The van der Waals surface area contributed by atoms with Crippen LogP contribution in [-0.2, 0) is 0 Å². The zero-order valence-corrected chi connectivity index (χ0v) is 16.8. The predicted molar refractivity (Wildman–Crippen MR) is 116 cm³/mol. The molecule has 3 aromatic carbocycles. The Bertz CT molecular complexity index is 992. The van der Waals surface area contributed by atoms with Crippen molar-refractivity contribution in [3.8, 4) is 0 Å². The van der Waals surface area contributed by atoms with Crippen LogP contribution in [0.2, 0.25) is 0 Å². The Balaban J connectivity index is 2.66. The maximum atomic E-state index is 3.61. The Morgan fingerprint density at radius 2 is 0.808 bits per heavy atom. The highest BCUT2D eigenvalue weighted by Crippen LogP contribution is 2.17. The van der Waals surface area contributed by atoms with Gasteiger partial charge in [0.25, 0.3) is 0 Å². The van der Waals surface area contributed by atoms with Gasteiger partial charge >= 0.3 is 0 Å². The Morgan fingerprint density at radius 1 is 0.538 bits per heavy atom.